The van der Waals surface area contributed by atoms with Crippen molar-refractivity contribution in [2.45, 2.75) is 45.1 Å². The van der Waals surface area contributed by atoms with E-state index in [1.54, 1.807) is 0 Å². The molecule has 5 nitrogen and oxygen atoms in total. The van der Waals surface area contributed by atoms with Gasteiger partial charge < -0.3 is 15.5 Å². The van der Waals surface area contributed by atoms with Crippen LogP contribution in [0.25, 0.3) is 0 Å². The molecule has 1 heterocycles. The first-order chi connectivity index (χ1) is 10.2. The predicted molar refractivity (Wildman–Crippen MR) is 80.6 cm³/mol. The van der Waals surface area contributed by atoms with Crippen molar-refractivity contribution in [2.24, 2.45) is 17.8 Å². The van der Waals surface area contributed by atoms with Crippen molar-refractivity contribution in [2.75, 3.05) is 26.2 Å². The van der Waals surface area contributed by atoms with Gasteiger partial charge in [-0.25, -0.2) is 0 Å². The van der Waals surface area contributed by atoms with Crippen LogP contribution in [0, 0.1) is 17.8 Å². The van der Waals surface area contributed by atoms with E-state index in [1.165, 1.54) is 25.7 Å². The topological polar surface area (TPSA) is 61.4 Å². The molecule has 3 fully saturated rings. The SMILES string of the molecule is CCNC(=O)C1CNCCN1C(=O)CC1CC2CCC1C2. The minimum Gasteiger partial charge on any atom is -0.355 e. The first kappa shape index (κ1) is 14.8. The number of fused-ring (bicyclic) bond motifs is 2. The molecule has 2 saturated carbocycles. The molecule has 4 unspecified atom stereocenters. The summed E-state index contributed by atoms with van der Waals surface area (Å²) in [6.45, 7) is 4.55. The maximum atomic E-state index is 12.7. The van der Waals surface area contributed by atoms with Crippen LogP contribution in [0.2, 0.25) is 0 Å². The Balaban J connectivity index is 1.60. The molecule has 2 aliphatic carbocycles. The van der Waals surface area contributed by atoms with Crippen LogP contribution >= 0.6 is 0 Å². The zero-order valence-corrected chi connectivity index (χ0v) is 12.9. The van der Waals surface area contributed by atoms with Crippen LogP contribution in [0.15, 0.2) is 0 Å². The van der Waals surface area contributed by atoms with E-state index >= 15 is 0 Å². The Bertz CT molecular complexity index is 412. The number of nitrogens with one attached hydrogen (secondary N) is 2. The smallest absolute Gasteiger partial charge is 0.244 e. The lowest BCUT2D eigenvalue weighted by Crippen LogP contribution is -2.59. The van der Waals surface area contributed by atoms with E-state index in [-0.39, 0.29) is 17.9 Å². The molecule has 21 heavy (non-hydrogen) atoms. The highest BCUT2D eigenvalue weighted by molar-refractivity contribution is 5.88. The van der Waals surface area contributed by atoms with E-state index in [0.29, 0.717) is 32.0 Å². The summed E-state index contributed by atoms with van der Waals surface area (Å²) in [5.41, 5.74) is 0. The summed E-state index contributed by atoms with van der Waals surface area (Å²) in [7, 11) is 0. The number of likely N-dealkylation sites (N-methyl/N-ethyl adjacent to an activating group) is 1. The summed E-state index contributed by atoms with van der Waals surface area (Å²) in [5, 5.41) is 6.07. The minimum absolute atomic E-state index is 0.0222. The van der Waals surface area contributed by atoms with Gasteiger partial charge >= 0.3 is 0 Å². The van der Waals surface area contributed by atoms with Gasteiger partial charge in [0, 0.05) is 32.6 Å². The van der Waals surface area contributed by atoms with E-state index in [0.717, 1.165) is 18.4 Å². The molecule has 2 N–H and O–H groups in total. The maximum Gasteiger partial charge on any atom is 0.244 e. The van der Waals surface area contributed by atoms with Gasteiger partial charge in [0.05, 0.1) is 0 Å². The van der Waals surface area contributed by atoms with Crippen LogP contribution in [-0.2, 0) is 9.59 Å². The van der Waals surface area contributed by atoms with Crippen LogP contribution in [0.1, 0.15) is 39.0 Å². The number of piperazine rings is 1. The van der Waals surface area contributed by atoms with Crippen molar-refractivity contribution in [3.63, 3.8) is 0 Å². The third kappa shape index (κ3) is 3.07. The molecule has 0 spiro atoms. The standard InChI is InChI=1S/C16H27N3O2/c1-2-18-16(21)14-10-17-5-6-19(14)15(20)9-13-8-11-3-4-12(13)7-11/h11-14,17H,2-10H2,1H3,(H,18,21). The maximum absolute atomic E-state index is 12.7. The van der Waals surface area contributed by atoms with Crippen LogP contribution in [-0.4, -0.2) is 48.9 Å². The Morgan fingerprint density at radius 3 is 2.81 bits per heavy atom. The first-order valence-corrected chi connectivity index (χ1v) is 8.47. The van der Waals surface area contributed by atoms with Crippen LogP contribution in [0.3, 0.4) is 0 Å². The van der Waals surface area contributed by atoms with Gasteiger partial charge in [-0.15, -0.1) is 0 Å². The Morgan fingerprint density at radius 1 is 1.29 bits per heavy atom. The highest BCUT2D eigenvalue weighted by Crippen LogP contribution is 2.49. The zero-order chi connectivity index (χ0) is 14.8. The second kappa shape index (κ2) is 6.34. The van der Waals surface area contributed by atoms with Crippen molar-refractivity contribution in [1.29, 1.82) is 0 Å². The lowest BCUT2D eigenvalue weighted by molar-refractivity contribution is -0.142. The quantitative estimate of drug-likeness (QED) is 0.804. The Hall–Kier alpha value is -1.10. The van der Waals surface area contributed by atoms with Gasteiger partial charge in [-0.1, -0.05) is 6.42 Å². The van der Waals surface area contributed by atoms with Crippen molar-refractivity contribution < 1.29 is 9.59 Å². The molecule has 0 aromatic rings. The molecular weight excluding hydrogens is 266 g/mol. The summed E-state index contributed by atoms with van der Waals surface area (Å²) < 4.78 is 0. The van der Waals surface area contributed by atoms with E-state index in [1.807, 2.05) is 11.8 Å². The van der Waals surface area contributed by atoms with Crippen molar-refractivity contribution in [3.05, 3.63) is 0 Å². The van der Waals surface area contributed by atoms with Gasteiger partial charge in [0.2, 0.25) is 11.8 Å². The Kier molecular flexibility index (Phi) is 4.48. The zero-order valence-electron chi connectivity index (χ0n) is 12.9. The number of rotatable bonds is 4. The van der Waals surface area contributed by atoms with Gasteiger partial charge in [0.25, 0.3) is 0 Å². The summed E-state index contributed by atoms with van der Waals surface area (Å²) in [6.07, 6.45) is 5.89. The normalized spacial score (nSPS) is 35.0. The summed E-state index contributed by atoms with van der Waals surface area (Å²) in [4.78, 5) is 26.6. The molecule has 2 bridgehead atoms. The van der Waals surface area contributed by atoms with Gasteiger partial charge in [-0.05, 0) is 43.9 Å². The molecule has 4 atom stereocenters. The highest BCUT2D eigenvalue weighted by Gasteiger charge is 2.41. The van der Waals surface area contributed by atoms with Gasteiger partial charge in [-0.2, -0.15) is 0 Å². The lowest BCUT2D eigenvalue weighted by Gasteiger charge is -2.36. The van der Waals surface area contributed by atoms with Gasteiger partial charge in [0.15, 0.2) is 0 Å². The molecule has 1 aliphatic heterocycles. The van der Waals surface area contributed by atoms with Crippen molar-refractivity contribution in [3.8, 4) is 0 Å². The monoisotopic (exact) mass is 293 g/mol. The van der Waals surface area contributed by atoms with E-state index in [4.69, 9.17) is 0 Å². The Labute approximate surface area is 126 Å². The molecule has 3 rings (SSSR count). The summed E-state index contributed by atoms with van der Waals surface area (Å²) in [5.74, 6) is 2.37. The number of carbonyl (C=O) groups excluding carboxylic acids is 2. The van der Waals surface area contributed by atoms with E-state index in [9.17, 15) is 9.59 Å². The molecule has 5 heteroatoms. The van der Waals surface area contributed by atoms with Gasteiger partial charge in [-0.3, -0.25) is 9.59 Å². The average molecular weight is 293 g/mol. The fourth-order valence-electron chi connectivity index (χ4n) is 4.50. The molecule has 1 saturated heterocycles. The molecule has 0 aromatic heterocycles. The third-order valence-corrected chi connectivity index (χ3v) is 5.54. The summed E-state index contributed by atoms with van der Waals surface area (Å²) in [6, 6.07) is -0.329. The van der Waals surface area contributed by atoms with Crippen LogP contribution in [0.5, 0.6) is 0 Å². The average Bonchev–Trinajstić information content (AvgIpc) is 3.10. The number of hydrogen-bond donors (Lipinski definition) is 2. The first-order valence-electron chi connectivity index (χ1n) is 8.47. The minimum atomic E-state index is -0.329. The third-order valence-electron chi connectivity index (χ3n) is 5.54. The lowest BCUT2D eigenvalue weighted by atomic mass is 9.86. The number of hydrogen-bond acceptors (Lipinski definition) is 3. The summed E-state index contributed by atoms with van der Waals surface area (Å²) >= 11 is 0. The Morgan fingerprint density at radius 2 is 2.14 bits per heavy atom. The molecule has 3 aliphatic rings. The van der Waals surface area contributed by atoms with Crippen molar-refractivity contribution >= 4 is 11.8 Å². The number of amides is 2. The van der Waals surface area contributed by atoms with Crippen molar-refractivity contribution in [1.82, 2.24) is 15.5 Å². The number of nitrogens with zero attached hydrogens (tertiary/aromatic N) is 1. The molecule has 2 amide bonds. The number of carbonyl (C=O) groups is 2. The van der Waals surface area contributed by atoms with E-state index < -0.39 is 0 Å². The fourth-order valence-corrected chi connectivity index (χ4v) is 4.50. The molecular formula is C16H27N3O2. The van der Waals surface area contributed by atoms with Crippen LogP contribution < -0.4 is 10.6 Å². The molecule has 0 aromatic carbocycles. The molecule has 0 radical (unpaired) electrons. The second-order valence-electron chi connectivity index (χ2n) is 6.84. The fraction of sp³-hybridized carbons (Fsp3) is 0.875. The predicted octanol–water partition coefficient (Wildman–Crippen LogP) is 0.749. The van der Waals surface area contributed by atoms with Crippen LogP contribution in [0.4, 0.5) is 0 Å². The highest BCUT2D eigenvalue weighted by atomic mass is 16.2. The largest absolute Gasteiger partial charge is 0.355 e. The van der Waals surface area contributed by atoms with E-state index in [2.05, 4.69) is 10.6 Å². The van der Waals surface area contributed by atoms with Gasteiger partial charge in [0.1, 0.15) is 6.04 Å². The second-order valence-corrected chi connectivity index (χ2v) is 6.84. The molecule has 118 valence electrons.